The maximum atomic E-state index is 5.78. The van der Waals surface area contributed by atoms with E-state index in [4.69, 9.17) is 14.2 Å². The summed E-state index contributed by atoms with van der Waals surface area (Å²) in [4.78, 5) is 2.41. The Balaban J connectivity index is 1.31. The maximum absolute atomic E-state index is 5.78. The smallest absolute Gasteiger partial charge is 0.165 e. The van der Waals surface area contributed by atoms with Gasteiger partial charge in [0.25, 0.3) is 0 Å². The van der Waals surface area contributed by atoms with E-state index >= 15 is 0 Å². The van der Waals surface area contributed by atoms with Crippen molar-refractivity contribution >= 4 is 0 Å². The highest BCUT2D eigenvalue weighted by Crippen LogP contribution is 2.33. The summed E-state index contributed by atoms with van der Waals surface area (Å²) in [7, 11) is 3.35. The summed E-state index contributed by atoms with van der Waals surface area (Å²) in [6, 6.07) is 16.5. The van der Waals surface area contributed by atoms with E-state index in [0.717, 1.165) is 54.4 Å². The predicted octanol–water partition coefficient (Wildman–Crippen LogP) is 3.46. The van der Waals surface area contributed by atoms with Gasteiger partial charge in [-0.05, 0) is 18.1 Å². The van der Waals surface area contributed by atoms with Crippen molar-refractivity contribution in [3.05, 3.63) is 71.5 Å². The minimum absolute atomic E-state index is 0.317. The van der Waals surface area contributed by atoms with Gasteiger partial charge in [0.15, 0.2) is 11.5 Å². The molecular weight excluding hydrogens is 380 g/mol. The molecule has 2 aromatic carbocycles. The molecule has 0 N–H and O–H groups in total. The first-order chi connectivity index (χ1) is 14.8. The first kappa shape index (κ1) is 20.4. The number of aromatic nitrogens is 3. The van der Waals surface area contributed by atoms with Gasteiger partial charge in [-0.2, -0.15) is 0 Å². The van der Waals surface area contributed by atoms with Crippen molar-refractivity contribution in [3.8, 4) is 11.5 Å². The number of benzene rings is 2. The molecule has 0 radical (unpaired) electrons. The van der Waals surface area contributed by atoms with Crippen molar-refractivity contribution in [1.29, 1.82) is 0 Å². The van der Waals surface area contributed by atoms with E-state index in [1.54, 1.807) is 14.2 Å². The fourth-order valence-corrected chi connectivity index (χ4v) is 3.90. The molecule has 7 heteroatoms. The van der Waals surface area contributed by atoms with Gasteiger partial charge in [0.1, 0.15) is 5.69 Å². The third-order valence-electron chi connectivity index (χ3n) is 5.42. The van der Waals surface area contributed by atoms with Crippen molar-refractivity contribution in [3.63, 3.8) is 0 Å². The molecule has 1 aromatic heterocycles. The summed E-state index contributed by atoms with van der Waals surface area (Å²) in [6.45, 7) is 3.79. The van der Waals surface area contributed by atoms with Crippen LogP contribution in [-0.2, 0) is 24.5 Å². The zero-order chi connectivity index (χ0) is 20.8. The van der Waals surface area contributed by atoms with Crippen molar-refractivity contribution in [2.45, 2.75) is 32.2 Å². The van der Waals surface area contributed by atoms with Gasteiger partial charge in [-0.3, -0.25) is 4.90 Å². The predicted molar refractivity (Wildman–Crippen MR) is 113 cm³/mol. The van der Waals surface area contributed by atoms with Crippen LogP contribution in [0.15, 0.2) is 54.7 Å². The first-order valence-electron chi connectivity index (χ1n) is 10.2. The molecule has 0 saturated carbocycles. The van der Waals surface area contributed by atoms with Gasteiger partial charge in [0, 0.05) is 25.2 Å². The molecule has 158 valence electrons. The Morgan fingerprint density at radius 1 is 1.00 bits per heavy atom. The molecule has 1 atom stereocenters. The van der Waals surface area contributed by atoms with Crippen LogP contribution in [0.4, 0.5) is 0 Å². The van der Waals surface area contributed by atoms with E-state index < -0.39 is 0 Å². The molecule has 30 heavy (non-hydrogen) atoms. The average Bonchev–Trinajstić information content (AvgIpc) is 3.44. The maximum Gasteiger partial charge on any atom is 0.165 e. The highest BCUT2D eigenvalue weighted by Gasteiger charge is 2.26. The summed E-state index contributed by atoms with van der Waals surface area (Å²) in [5.41, 5.74) is 3.15. The molecule has 7 nitrogen and oxygen atoms in total. The van der Waals surface area contributed by atoms with E-state index in [1.165, 1.54) is 0 Å². The third-order valence-corrected chi connectivity index (χ3v) is 5.42. The fraction of sp³-hybridized carbons (Fsp3) is 0.391. The van der Waals surface area contributed by atoms with Crippen LogP contribution in [0.25, 0.3) is 0 Å². The summed E-state index contributed by atoms with van der Waals surface area (Å²) in [6.07, 6.45) is 3.05. The molecule has 3 aromatic rings. The Morgan fingerprint density at radius 2 is 1.87 bits per heavy atom. The van der Waals surface area contributed by atoms with Crippen LogP contribution >= 0.6 is 0 Å². The molecule has 1 aliphatic rings. The Kier molecular flexibility index (Phi) is 6.61. The van der Waals surface area contributed by atoms with E-state index in [0.29, 0.717) is 19.3 Å². The van der Waals surface area contributed by atoms with Crippen LogP contribution in [-0.4, -0.2) is 47.2 Å². The lowest BCUT2D eigenvalue weighted by molar-refractivity contribution is 0.104. The lowest BCUT2D eigenvalue weighted by Crippen LogP contribution is -2.21. The summed E-state index contributed by atoms with van der Waals surface area (Å²) >= 11 is 0. The number of para-hydroxylation sites is 1. The van der Waals surface area contributed by atoms with Crippen LogP contribution in [0.5, 0.6) is 11.5 Å². The van der Waals surface area contributed by atoms with Gasteiger partial charge < -0.3 is 14.2 Å². The van der Waals surface area contributed by atoms with E-state index in [1.807, 2.05) is 41.2 Å². The minimum Gasteiger partial charge on any atom is -0.493 e. The minimum atomic E-state index is 0.317. The van der Waals surface area contributed by atoms with Crippen LogP contribution in [0, 0.1) is 0 Å². The van der Waals surface area contributed by atoms with Gasteiger partial charge in [0.2, 0.25) is 0 Å². The monoisotopic (exact) mass is 408 g/mol. The quantitative estimate of drug-likeness (QED) is 0.540. The molecule has 1 aliphatic heterocycles. The Morgan fingerprint density at radius 3 is 2.67 bits per heavy atom. The number of methoxy groups -OCH3 is 2. The van der Waals surface area contributed by atoms with Crippen molar-refractivity contribution in [2.75, 3.05) is 27.3 Å². The molecule has 0 amide bonds. The largest absolute Gasteiger partial charge is 0.493 e. The second-order valence-corrected chi connectivity index (χ2v) is 7.50. The SMILES string of the molecule is COc1cccc(CN2CCC(n3cc(COCc4ccccc4)nn3)C2)c1OC. The second-order valence-electron chi connectivity index (χ2n) is 7.50. The van der Waals surface area contributed by atoms with Crippen molar-refractivity contribution in [1.82, 2.24) is 19.9 Å². The lowest BCUT2D eigenvalue weighted by Gasteiger charge is -2.19. The van der Waals surface area contributed by atoms with Gasteiger partial charge in [-0.25, -0.2) is 4.68 Å². The Hall–Kier alpha value is -2.90. The highest BCUT2D eigenvalue weighted by molar-refractivity contribution is 5.46. The normalized spacial score (nSPS) is 16.7. The molecule has 1 unspecified atom stereocenters. The zero-order valence-electron chi connectivity index (χ0n) is 17.5. The summed E-state index contributed by atoms with van der Waals surface area (Å²) in [5, 5.41) is 8.63. The number of nitrogens with zero attached hydrogens (tertiary/aromatic N) is 4. The third kappa shape index (κ3) is 4.80. The van der Waals surface area contributed by atoms with Gasteiger partial charge in [-0.1, -0.05) is 47.7 Å². The summed E-state index contributed by atoms with van der Waals surface area (Å²) in [5.74, 6) is 1.57. The Labute approximate surface area is 177 Å². The molecule has 1 fully saturated rings. The number of hydrogen-bond donors (Lipinski definition) is 0. The molecule has 0 spiro atoms. The molecule has 0 bridgehead atoms. The molecule has 1 saturated heterocycles. The van der Waals surface area contributed by atoms with Crippen LogP contribution in [0.1, 0.15) is 29.3 Å². The standard InChI is InChI=1S/C23H28N4O3/c1-28-22-10-6-9-19(23(22)29-2)13-26-12-11-21(15-26)27-14-20(24-25-27)17-30-16-18-7-4-3-5-8-18/h3-10,14,21H,11-13,15-17H2,1-2H3. The van der Waals surface area contributed by atoms with Crippen LogP contribution in [0.2, 0.25) is 0 Å². The van der Waals surface area contributed by atoms with Gasteiger partial charge in [-0.15, -0.1) is 5.10 Å². The van der Waals surface area contributed by atoms with Gasteiger partial charge >= 0.3 is 0 Å². The van der Waals surface area contributed by atoms with E-state index in [2.05, 4.69) is 33.4 Å². The number of rotatable bonds is 9. The van der Waals surface area contributed by atoms with Crippen molar-refractivity contribution < 1.29 is 14.2 Å². The van der Waals surface area contributed by atoms with Gasteiger partial charge in [0.05, 0.1) is 39.7 Å². The zero-order valence-corrected chi connectivity index (χ0v) is 17.5. The second kappa shape index (κ2) is 9.73. The first-order valence-corrected chi connectivity index (χ1v) is 10.2. The Bertz CT molecular complexity index is 945. The number of ether oxygens (including phenoxy) is 3. The van der Waals surface area contributed by atoms with Crippen molar-refractivity contribution in [2.24, 2.45) is 0 Å². The molecular formula is C23H28N4O3. The van der Waals surface area contributed by atoms with Crippen LogP contribution in [0.3, 0.4) is 0 Å². The molecule has 0 aliphatic carbocycles. The average molecular weight is 409 g/mol. The van der Waals surface area contributed by atoms with E-state index in [-0.39, 0.29) is 0 Å². The number of likely N-dealkylation sites (tertiary alicyclic amines) is 1. The van der Waals surface area contributed by atoms with E-state index in [9.17, 15) is 0 Å². The number of hydrogen-bond acceptors (Lipinski definition) is 6. The highest BCUT2D eigenvalue weighted by atomic mass is 16.5. The molecule has 4 rings (SSSR count). The fourth-order valence-electron chi connectivity index (χ4n) is 3.90. The van der Waals surface area contributed by atoms with Crippen LogP contribution < -0.4 is 9.47 Å². The lowest BCUT2D eigenvalue weighted by atomic mass is 10.1. The molecule has 2 heterocycles. The topological polar surface area (TPSA) is 61.6 Å². The summed E-state index contributed by atoms with van der Waals surface area (Å²) < 4.78 is 18.7.